The first-order chi connectivity index (χ1) is 13.4. The predicted molar refractivity (Wildman–Crippen MR) is 110 cm³/mol. The van der Waals surface area contributed by atoms with Gasteiger partial charge >= 0.3 is 0 Å². The average Bonchev–Trinajstić information content (AvgIpc) is 3.12. The monoisotopic (exact) mass is 416 g/mol. The van der Waals surface area contributed by atoms with E-state index in [1.54, 1.807) is 47.7 Å². The van der Waals surface area contributed by atoms with E-state index < -0.39 is 10.0 Å². The topological polar surface area (TPSA) is 84.5 Å². The molecule has 0 atom stereocenters. The number of ether oxygens (including phenoxy) is 1. The summed E-state index contributed by atoms with van der Waals surface area (Å²) >= 11 is 1.61. The van der Waals surface area contributed by atoms with Gasteiger partial charge in [-0.3, -0.25) is 9.52 Å². The van der Waals surface area contributed by atoms with Crippen LogP contribution in [0.25, 0.3) is 0 Å². The molecule has 28 heavy (non-hydrogen) atoms. The van der Waals surface area contributed by atoms with Gasteiger partial charge in [0, 0.05) is 21.0 Å². The van der Waals surface area contributed by atoms with Crippen molar-refractivity contribution in [3.8, 4) is 5.75 Å². The van der Waals surface area contributed by atoms with Crippen LogP contribution in [0.15, 0.2) is 65.6 Å². The van der Waals surface area contributed by atoms with Crippen molar-refractivity contribution in [2.75, 3.05) is 11.8 Å². The maximum Gasteiger partial charge on any atom is 0.261 e. The number of anilines is 1. The van der Waals surface area contributed by atoms with Gasteiger partial charge in [0.05, 0.1) is 18.6 Å². The van der Waals surface area contributed by atoms with Crippen LogP contribution >= 0.6 is 11.3 Å². The third kappa shape index (κ3) is 4.90. The van der Waals surface area contributed by atoms with Gasteiger partial charge in [-0.15, -0.1) is 11.3 Å². The smallest absolute Gasteiger partial charge is 0.261 e. The Hall–Kier alpha value is -2.84. The lowest BCUT2D eigenvalue weighted by atomic mass is 10.2. The van der Waals surface area contributed by atoms with Crippen LogP contribution < -0.4 is 14.8 Å². The van der Waals surface area contributed by atoms with E-state index in [0.717, 1.165) is 4.88 Å². The van der Waals surface area contributed by atoms with Crippen molar-refractivity contribution in [2.24, 2.45) is 0 Å². The van der Waals surface area contributed by atoms with Gasteiger partial charge in [0.1, 0.15) is 5.75 Å². The Labute approximate surface area is 168 Å². The van der Waals surface area contributed by atoms with E-state index >= 15 is 0 Å². The van der Waals surface area contributed by atoms with Gasteiger partial charge in [-0.25, -0.2) is 8.42 Å². The predicted octanol–water partition coefficient (Wildman–Crippen LogP) is 3.80. The van der Waals surface area contributed by atoms with E-state index in [4.69, 9.17) is 4.74 Å². The second-order valence-corrected chi connectivity index (χ2v) is 9.11. The molecular weight excluding hydrogens is 396 g/mol. The number of nitrogens with one attached hydrogen (secondary N) is 2. The van der Waals surface area contributed by atoms with Crippen LogP contribution in [-0.2, 0) is 16.6 Å². The summed E-state index contributed by atoms with van der Waals surface area (Å²) < 4.78 is 32.8. The summed E-state index contributed by atoms with van der Waals surface area (Å²) in [5, 5.41) is 2.81. The lowest BCUT2D eigenvalue weighted by molar-refractivity contribution is 0.0951. The molecule has 0 radical (unpaired) electrons. The summed E-state index contributed by atoms with van der Waals surface area (Å²) in [6, 6.07) is 16.4. The van der Waals surface area contributed by atoms with Crippen LogP contribution in [-0.4, -0.2) is 21.4 Å². The minimum absolute atomic E-state index is 0.0166. The van der Waals surface area contributed by atoms with Crippen molar-refractivity contribution in [1.82, 2.24) is 5.32 Å². The fourth-order valence-corrected chi connectivity index (χ4v) is 4.46. The van der Waals surface area contributed by atoms with Gasteiger partial charge in [-0.1, -0.05) is 6.07 Å². The van der Waals surface area contributed by atoms with Gasteiger partial charge in [-0.05, 0) is 61.5 Å². The van der Waals surface area contributed by atoms with Gasteiger partial charge in [0.15, 0.2) is 0 Å². The maximum absolute atomic E-state index is 12.6. The summed E-state index contributed by atoms with van der Waals surface area (Å²) in [4.78, 5) is 14.6. The Kier molecular flexibility index (Phi) is 6.01. The summed E-state index contributed by atoms with van der Waals surface area (Å²) in [5.74, 6) is 0.301. The van der Waals surface area contributed by atoms with Crippen LogP contribution in [0.1, 0.15) is 20.1 Å². The van der Waals surface area contributed by atoms with Crippen LogP contribution in [0, 0.1) is 6.92 Å². The van der Waals surface area contributed by atoms with Crippen LogP contribution in [0.4, 0.5) is 5.69 Å². The highest BCUT2D eigenvalue weighted by molar-refractivity contribution is 7.92. The highest BCUT2D eigenvalue weighted by Crippen LogP contribution is 2.20. The van der Waals surface area contributed by atoms with Gasteiger partial charge < -0.3 is 10.1 Å². The van der Waals surface area contributed by atoms with Crippen molar-refractivity contribution in [1.29, 1.82) is 0 Å². The third-order valence-electron chi connectivity index (χ3n) is 3.97. The fourth-order valence-electron chi connectivity index (χ4n) is 2.53. The molecule has 8 heteroatoms. The normalized spacial score (nSPS) is 11.1. The molecular formula is C20H20N2O4S2. The van der Waals surface area contributed by atoms with Crippen LogP contribution in [0.3, 0.4) is 0 Å². The van der Waals surface area contributed by atoms with Crippen molar-refractivity contribution < 1.29 is 17.9 Å². The maximum atomic E-state index is 12.6. The van der Waals surface area contributed by atoms with E-state index in [0.29, 0.717) is 18.0 Å². The molecule has 2 N–H and O–H groups in total. The first-order valence-corrected chi connectivity index (χ1v) is 10.8. The van der Waals surface area contributed by atoms with Crippen molar-refractivity contribution in [3.63, 3.8) is 0 Å². The minimum atomic E-state index is -3.82. The molecule has 6 nitrogen and oxygen atoms in total. The van der Waals surface area contributed by atoms with E-state index in [1.165, 1.54) is 24.1 Å². The lowest BCUT2D eigenvalue weighted by Gasteiger charge is -2.10. The Morgan fingerprint density at radius 1 is 1.07 bits per heavy atom. The van der Waals surface area contributed by atoms with Crippen molar-refractivity contribution >= 4 is 33.0 Å². The number of carbonyl (C=O) groups is 1. The molecule has 0 unspecified atom stereocenters. The SMILES string of the molecule is COc1ccc(NS(=O)(=O)c2cccc(C(=O)NCc3ccc(C)s3)c2)cc1. The van der Waals surface area contributed by atoms with Gasteiger partial charge in [0.25, 0.3) is 15.9 Å². The number of aryl methyl sites for hydroxylation is 1. The highest BCUT2D eigenvalue weighted by atomic mass is 32.2. The Bertz CT molecular complexity index is 1070. The Morgan fingerprint density at radius 3 is 2.46 bits per heavy atom. The summed E-state index contributed by atoms with van der Waals surface area (Å²) in [7, 11) is -2.28. The molecule has 1 aromatic heterocycles. The fraction of sp³-hybridized carbons (Fsp3) is 0.150. The Balaban J connectivity index is 1.72. The summed E-state index contributed by atoms with van der Waals surface area (Å²) in [6.07, 6.45) is 0. The molecule has 0 spiro atoms. The number of amides is 1. The van der Waals surface area contributed by atoms with Crippen LogP contribution in [0.2, 0.25) is 0 Å². The molecule has 1 heterocycles. The number of hydrogen-bond donors (Lipinski definition) is 2. The molecule has 0 saturated heterocycles. The Morgan fingerprint density at radius 2 is 1.82 bits per heavy atom. The first kappa shape index (κ1) is 19.9. The third-order valence-corrected chi connectivity index (χ3v) is 6.35. The standard InChI is InChI=1S/C20H20N2O4S2/c1-14-6-11-18(27-14)13-21-20(23)15-4-3-5-19(12-15)28(24,25)22-16-7-9-17(26-2)10-8-16/h3-12,22H,13H2,1-2H3,(H,21,23). The van der Waals surface area contributed by atoms with Gasteiger partial charge in [-0.2, -0.15) is 0 Å². The number of sulfonamides is 1. The molecule has 3 aromatic rings. The van der Waals surface area contributed by atoms with E-state index in [-0.39, 0.29) is 16.4 Å². The lowest BCUT2D eigenvalue weighted by Crippen LogP contribution is -2.23. The zero-order valence-corrected chi connectivity index (χ0v) is 17.1. The molecule has 0 fully saturated rings. The molecule has 0 aliphatic heterocycles. The van der Waals surface area contributed by atoms with Crippen molar-refractivity contribution in [2.45, 2.75) is 18.4 Å². The number of thiophene rings is 1. The average molecular weight is 417 g/mol. The second-order valence-electron chi connectivity index (χ2n) is 6.06. The number of rotatable bonds is 7. The molecule has 0 bridgehead atoms. The largest absolute Gasteiger partial charge is 0.497 e. The van der Waals surface area contributed by atoms with E-state index in [2.05, 4.69) is 10.0 Å². The minimum Gasteiger partial charge on any atom is -0.497 e. The molecule has 2 aromatic carbocycles. The number of carbonyl (C=O) groups excluding carboxylic acids is 1. The molecule has 0 aliphatic carbocycles. The summed E-state index contributed by atoms with van der Waals surface area (Å²) in [5.41, 5.74) is 0.689. The zero-order chi connectivity index (χ0) is 20.1. The molecule has 146 valence electrons. The molecule has 1 amide bonds. The summed E-state index contributed by atoms with van der Waals surface area (Å²) in [6.45, 7) is 2.40. The van der Waals surface area contributed by atoms with Crippen molar-refractivity contribution in [3.05, 3.63) is 76.0 Å². The number of benzene rings is 2. The zero-order valence-electron chi connectivity index (χ0n) is 15.4. The molecule has 0 aliphatic rings. The number of hydrogen-bond acceptors (Lipinski definition) is 5. The first-order valence-electron chi connectivity index (χ1n) is 8.48. The number of methoxy groups -OCH3 is 1. The molecule has 3 rings (SSSR count). The highest BCUT2D eigenvalue weighted by Gasteiger charge is 2.16. The van der Waals surface area contributed by atoms with E-state index in [9.17, 15) is 13.2 Å². The van der Waals surface area contributed by atoms with E-state index in [1.807, 2.05) is 19.1 Å². The van der Waals surface area contributed by atoms with Crippen LogP contribution in [0.5, 0.6) is 5.75 Å². The second kappa shape index (κ2) is 8.45. The quantitative estimate of drug-likeness (QED) is 0.614. The molecule has 0 saturated carbocycles. The van der Waals surface area contributed by atoms with Gasteiger partial charge in [0.2, 0.25) is 0 Å².